The summed E-state index contributed by atoms with van der Waals surface area (Å²) in [6.45, 7) is 3.16. The van der Waals surface area contributed by atoms with Gasteiger partial charge in [0.05, 0.1) is 18.8 Å². The predicted molar refractivity (Wildman–Crippen MR) is 68.1 cm³/mol. The Morgan fingerprint density at radius 2 is 2.42 bits per heavy atom. The molecule has 0 saturated carbocycles. The van der Waals surface area contributed by atoms with Crippen LogP contribution in [0.25, 0.3) is 0 Å². The fourth-order valence-corrected chi connectivity index (χ4v) is 2.12. The maximum absolute atomic E-state index is 10.6. The summed E-state index contributed by atoms with van der Waals surface area (Å²) >= 11 is 0. The summed E-state index contributed by atoms with van der Waals surface area (Å²) in [5.41, 5.74) is -0.0180. The lowest BCUT2D eigenvalue weighted by molar-refractivity contribution is 0.0116. The molecule has 7 nitrogen and oxygen atoms in total. The van der Waals surface area contributed by atoms with Gasteiger partial charge in [-0.15, -0.1) is 5.10 Å². The van der Waals surface area contributed by atoms with Gasteiger partial charge in [-0.1, -0.05) is 5.21 Å². The summed E-state index contributed by atoms with van der Waals surface area (Å²) in [4.78, 5) is 10.6. The Bertz CT molecular complexity index is 401. The molecule has 0 aliphatic carbocycles. The van der Waals surface area contributed by atoms with Crippen LogP contribution in [0.2, 0.25) is 0 Å². The van der Waals surface area contributed by atoms with Crippen molar-refractivity contribution in [3.05, 3.63) is 11.9 Å². The standard InChI is InChI=1S/C12H20N4O3/c17-12(18)11-9-16(15-14-11)7-6-13-5-4-10-3-1-2-8-19-10/h9-10,13H,1-8H2,(H,17,18). The average molecular weight is 268 g/mol. The molecule has 2 rings (SSSR count). The molecule has 0 amide bonds. The van der Waals surface area contributed by atoms with Gasteiger partial charge >= 0.3 is 5.97 Å². The molecule has 1 atom stereocenters. The summed E-state index contributed by atoms with van der Waals surface area (Å²) in [7, 11) is 0. The zero-order chi connectivity index (χ0) is 13.5. The van der Waals surface area contributed by atoms with Crippen molar-refractivity contribution in [2.45, 2.75) is 38.3 Å². The van der Waals surface area contributed by atoms with Crippen LogP contribution in [-0.2, 0) is 11.3 Å². The van der Waals surface area contributed by atoms with E-state index in [2.05, 4.69) is 15.6 Å². The number of rotatable bonds is 7. The molecule has 0 spiro atoms. The molecule has 106 valence electrons. The molecule has 7 heteroatoms. The van der Waals surface area contributed by atoms with E-state index >= 15 is 0 Å². The monoisotopic (exact) mass is 268 g/mol. The molecule has 1 saturated heterocycles. The fraction of sp³-hybridized carbons (Fsp3) is 0.750. The normalized spacial score (nSPS) is 19.5. The third-order valence-electron chi connectivity index (χ3n) is 3.19. The maximum atomic E-state index is 10.6. The molecule has 0 bridgehead atoms. The van der Waals surface area contributed by atoms with Crippen LogP contribution in [0.3, 0.4) is 0 Å². The maximum Gasteiger partial charge on any atom is 0.358 e. The van der Waals surface area contributed by atoms with E-state index < -0.39 is 5.97 Å². The Labute approximate surface area is 111 Å². The predicted octanol–water partition coefficient (Wildman–Crippen LogP) is 0.525. The van der Waals surface area contributed by atoms with E-state index in [1.165, 1.54) is 23.7 Å². The number of aromatic nitrogens is 3. The zero-order valence-electron chi connectivity index (χ0n) is 10.9. The van der Waals surface area contributed by atoms with Crippen molar-refractivity contribution in [3.63, 3.8) is 0 Å². The minimum atomic E-state index is -1.05. The molecule has 1 unspecified atom stereocenters. The third kappa shape index (κ3) is 4.60. The SMILES string of the molecule is O=C(O)c1cn(CCNCCC2CCCCO2)nn1. The lowest BCUT2D eigenvalue weighted by Crippen LogP contribution is -2.27. The molecule has 2 heterocycles. The number of carboxylic acid groups (broad SMARTS) is 1. The summed E-state index contributed by atoms with van der Waals surface area (Å²) in [6.07, 6.45) is 6.47. The quantitative estimate of drug-likeness (QED) is 0.701. The zero-order valence-corrected chi connectivity index (χ0v) is 10.9. The Kier molecular flexibility index (Phi) is 5.29. The molecule has 1 aliphatic rings. The summed E-state index contributed by atoms with van der Waals surface area (Å²) < 4.78 is 7.17. The van der Waals surface area contributed by atoms with E-state index in [9.17, 15) is 4.79 Å². The Morgan fingerprint density at radius 3 is 3.11 bits per heavy atom. The van der Waals surface area contributed by atoms with Gasteiger partial charge in [0.1, 0.15) is 0 Å². The van der Waals surface area contributed by atoms with Crippen molar-refractivity contribution in [2.24, 2.45) is 0 Å². The van der Waals surface area contributed by atoms with Crippen molar-refractivity contribution in [2.75, 3.05) is 19.7 Å². The second-order valence-corrected chi connectivity index (χ2v) is 4.70. The van der Waals surface area contributed by atoms with Crippen molar-refractivity contribution in [1.29, 1.82) is 0 Å². The third-order valence-corrected chi connectivity index (χ3v) is 3.19. The molecule has 0 radical (unpaired) electrons. The minimum absolute atomic E-state index is 0.0180. The highest BCUT2D eigenvalue weighted by Gasteiger charge is 2.12. The van der Waals surface area contributed by atoms with Crippen LogP contribution in [0, 0.1) is 0 Å². The first-order valence-corrected chi connectivity index (χ1v) is 6.71. The van der Waals surface area contributed by atoms with E-state index in [4.69, 9.17) is 9.84 Å². The lowest BCUT2D eigenvalue weighted by atomic mass is 10.1. The second kappa shape index (κ2) is 7.20. The van der Waals surface area contributed by atoms with Gasteiger partial charge in [-0.25, -0.2) is 4.79 Å². The van der Waals surface area contributed by atoms with Gasteiger partial charge in [0.2, 0.25) is 0 Å². The van der Waals surface area contributed by atoms with Gasteiger partial charge in [0, 0.05) is 13.2 Å². The van der Waals surface area contributed by atoms with Crippen LogP contribution in [0.1, 0.15) is 36.2 Å². The van der Waals surface area contributed by atoms with Gasteiger partial charge in [-0.3, -0.25) is 4.68 Å². The van der Waals surface area contributed by atoms with Crippen LogP contribution < -0.4 is 5.32 Å². The smallest absolute Gasteiger partial charge is 0.358 e. The average Bonchev–Trinajstić information content (AvgIpc) is 2.89. The molecular formula is C12H20N4O3. The number of carbonyl (C=O) groups is 1. The first-order chi connectivity index (χ1) is 9.25. The molecule has 1 fully saturated rings. The van der Waals surface area contributed by atoms with E-state index in [-0.39, 0.29) is 5.69 Å². The molecular weight excluding hydrogens is 248 g/mol. The van der Waals surface area contributed by atoms with Gasteiger partial charge in [0.25, 0.3) is 0 Å². The Balaban J connectivity index is 1.57. The largest absolute Gasteiger partial charge is 0.476 e. The summed E-state index contributed by atoms with van der Waals surface area (Å²) in [5, 5.41) is 19.3. The van der Waals surface area contributed by atoms with E-state index in [1.54, 1.807) is 0 Å². The van der Waals surface area contributed by atoms with Crippen molar-refractivity contribution < 1.29 is 14.6 Å². The molecule has 0 aromatic carbocycles. The summed E-state index contributed by atoms with van der Waals surface area (Å²) in [6, 6.07) is 0. The number of nitrogens with one attached hydrogen (secondary N) is 1. The number of hydrogen-bond donors (Lipinski definition) is 2. The first kappa shape index (κ1) is 14.0. The molecule has 19 heavy (non-hydrogen) atoms. The minimum Gasteiger partial charge on any atom is -0.476 e. The topological polar surface area (TPSA) is 89.3 Å². The molecule has 1 aromatic rings. The van der Waals surface area contributed by atoms with Gasteiger partial charge in [-0.2, -0.15) is 0 Å². The second-order valence-electron chi connectivity index (χ2n) is 4.70. The first-order valence-electron chi connectivity index (χ1n) is 6.71. The number of hydrogen-bond acceptors (Lipinski definition) is 5. The van der Waals surface area contributed by atoms with E-state index in [0.29, 0.717) is 12.6 Å². The van der Waals surface area contributed by atoms with Crippen LogP contribution >= 0.6 is 0 Å². The van der Waals surface area contributed by atoms with Crippen LogP contribution in [0.15, 0.2) is 6.20 Å². The van der Waals surface area contributed by atoms with E-state index in [0.717, 1.165) is 32.5 Å². The number of aromatic carboxylic acids is 1. The summed E-state index contributed by atoms with van der Waals surface area (Å²) in [5.74, 6) is -1.05. The van der Waals surface area contributed by atoms with E-state index in [1.807, 2.05) is 0 Å². The number of ether oxygens (including phenoxy) is 1. The highest BCUT2D eigenvalue weighted by Crippen LogP contribution is 2.14. The Hall–Kier alpha value is -1.47. The molecule has 2 N–H and O–H groups in total. The van der Waals surface area contributed by atoms with Crippen molar-refractivity contribution in [1.82, 2.24) is 20.3 Å². The van der Waals surface area contributed by atoms with Crippen LogP contribution in [0.5, 0.6) is 0 Å². The van der Waals surface area contributed by atoms with Gasteiger partial charge < -0.3 is 15.2 Å². The van der Waals surface area contributed by atoms with Crippen LogP contribution in [-0.4, -0.2) is 51.9 Å². The lowest BCUT2D eigenvalue weighted by Gasteiger charge is -2.22. The molecule has 1 aromatic heterocycles. The number of carboxylic acids is 1. The fourth-order valence-electron chi connectivity index (χ4n) is 2.12. The van der Waals surface area contributed by atoms with Crippen LogP contribution in [0.4, 0.5) is 0 Å². The van der Waals surface area contributed by atoms with Crippen molar-refractivity contribution in [3.8, 4) is 0 Å². The Morgan fingerprint density at radius 1 is 1.53 bits per heavy atom. The highest BCUT2D eigenvalue weighted by atomic mass is 16.5. The highest BCUT2D eigenvalue weighted by molar-refractivity contribution is 5.84. The van der Waals surface area contributed by atoms with Crippen molar-refractivity contribution >= 4 is 5.97 Å². The van der Waals surface area contributed by atoms with Gasteiger partial charge in [-0.05, 0) is 32.2 Å². The molecule has 1 aliphatic heterocycles. The van der Waals surface area contributed by atoms with Gasteiger partial charge in [0.15, 0.2) is 5.69 Å². The number of nitrogens with zero attached hydrogens (tertiary/aromatic N) is 3.